The van der Waals surface area contributed by atoms with Crippen molar-refractivity contribution in [2.24, 2.45) is 0 Å². The maximum absolute atomic E-state index is 12.2. The molecule has 3 aromatic rings. The molecule has 0 aliphatic heterocycles. The molecule has 0 aliphatic rings. The minimum Gasteiger partial charge on any atom is -0.348 e. The summed E-state index contributed by atoms with van der Waals surface area (Å²) in [6.07, 6.45) is 1.56. The number of aromatic nitrogens is 1. The van der Waals surface area contributed by atoms with E-state index in [0.29, 0.717) is 23.4 Å². The number of benzene rings is 2. The molecule has 1 aromatic heterocycles. The van der Waals surface area contributed by atoms with E-state index >= 15 is 0 Å². The molecule has 0 radical (unpaired) electrons. The molecule has 2 aromatic carbocycles. The Morgan fingerprint density at radius 1 is 0.808 bits per heavy atom. The van der Waals surface area contributed by atoms with Gasteiger partial charge in [-0.15, -0.1) is 0 Å². The summed E-state index contributed by atoms with van der Waals surface area (Å²) in [7, 11) is 0. The smallest absolute Gasteiger partial charge is 0.255 e. The zero-order chi connectivity index (χ0) is 18.4. The van der Waals surface area contributed by atoms with Crippen LogP contribution in [0, 0.1) is 0 Å². The van der Waals surface area contributed by atoms with Crippen molar-refractivity contribution in [1.29, 1.82) is 0 Å². The lowest BCUT2D eigenvalue weighted by atomic mass is 10.1. The molecule has 1 heterocycles. The molecule has 0 aliphatic carbocycles. The third-order valence-corrected chi connectivity index (χ3v) is 3.74. The van der Waals surface area contributed by atoms with Gasteiger partial charge in [-0.1, -0.05) is 24.3 Å². The summed E-state index contributed by atoms with van der Waals surface area (Å²) in [6.45, 7) is 0.308. The fourth-order valence-corrected chi connectivity index (χ4v) is 2.33. The lowest BCUT2D eigenvalue weighted by molar-refractivity contribution is 0.0950. The Morgan fingerprint density at radius 2 is 1.50 bits per heavy atom. The van der Waals surface area contributed by atoms with Crippen LogP contribution >= 0.6 is 0 Å². The first kappa shape index (κ1) is 17.2. The molecule has 0 spiro atoms. The van der Waals surface area contributed by atoms with E-state index in [4.69, 9.17) is 0 Å². The molecule has 130 valence electrons. The Labute approximate surface area is 149 Å². The molecule has 0 atom stereocenters. The van der Waals surface area contributed by atoms with Gasteiger partial charge in [0.15, 0.2) is 0 Å². The van der Waals surface area contributed by atoms with Crippen LogP contribution < -0.4 is 16.2 Å². The molecule has 6 nitrogen and oxygen atoms in total. The van der Waals surface area contributed by atoms with E-state index in [0.717, 1.165) is 5.56 Å². The second-order valence-corrected chi connectivity index (χ2v) is 5.64. The van der Waals surface area contributed by atoms with Crippen molar-refractivity contribution in [2.75, 3.05) is 5.32 Å². The first-order valence-corrected chi connectivity index (χ1v) is 8.04. The Morgan fingerprint density at radius 3 is 2.15 bits per heavy atom. The maximum atomic E-state index is 12.2. The fourth-order valence-electron chi connectivity index (χ4n) is 2.33. The predicted octanol–water partition coefficient (Wildman–Crippen LogP) is 2.56. The highest BCUT2D eigenvalue weighted by Crippen LogP contribution is 2.11. The van der Waals surface area contributed by atoms with Gasteiger partial charge < -0.3 is 15.6 Å². The number of H-pyrrole nitrogens is 1. The lowest BCUT2D eigenvalue weighted by Gasteiger charge is -2.08. The molecule has 0 fully saturated rings. The van der Waals surface area contributed by atoms with Crippen molar-refractivity contribution in [2.45, 2.75) is 6.54 Å². The van der Waals surface area contributed by atoms with Crippen LogP contribution in [0.5, 0.6) is 0 Å². The van der Waals surface area contributed by atoms with Gasteiger partial charge >= 0.3 is 0 Å². The molecule has 2 amide bonds. The normalized spacial score (nSPS) is 10.2. The van der Waals surface area contributed by atoms with E-state index in [2.05, 4.69) is 15.6 Å². The van der Waals surface area contributed by atoms with Crippen LogP contribution in [0.3, 0.4) is 0 Å². The summed E-state index contributed by atoms with van der Waals surface area (Å²) in [4.78, 5) is 37.8. The van der Waals surface area contributed by atoms with Crippen LogP contribution in [-0.2, 0) is 6.54 Å². The molecule has 0 bridgehead atoms. The number of rotatable bonds is 5. The van der Waals surface area contributed by atoms with Gasteiger partial charge in [0.2, 0.25) is 5.56 Å². The van der Waals surface area contributed by atoms with Crippen molar-refractivity contribution in [3.63, 3.8) is 0 Å². The van der Waals surface area contributed by atoms with Crippen LogP contribution in [-0.4, -0.2) is 16.8 Å². The molecule has 6 heteroatoms. The average Bonchev–Trinajstić information content (AvgIpc) is 2.68. The van der Waals surface area contributed by atoms with E-state index < -0.39 is 0 Å². The van der Waals surface area contributed by atoms with Crippen LogP contribution in [0.2, 0.25) is 0 Å². The number of hydrogen-bond donors (Lipinski definition) is 3. The molecule has 0 unspecified atom stereocenters. The number of nitrogens with one attached hydrogen (secondary N) is 3. The van der Waals surface area contributed by atoms with Gasteiger partial charge in [0.05, 0.1) is 0 Å². The largest absolute Gasteiger partial charge is 0.348 e. The van der Waals surface area contributed by atoms with Crippen LogP contribution in [0.15, 0.2) is 77.7 Å². The lowest BCUT2D eigenvalue weighted by Crippen LogP contribution is -2.23. The topological polar surface area (TPSA) is 91.1 Å². The van der Waals surface area contributed by atoms with Crippen molar-refractivity contribution >= 4 is 17.5 Å². The molecular formula is C20H17N3O3. The number of pyridine rings is 1. The van der Waals surface area contributed by atoms with E-state index in [1.54, 1.807) is 60.8 Å². The zero-order valence-corrected chi connectivity index (χ0v) is 13.9. The number of hydrogen-bond acceptors (Lipinski definition) is 3. The molecule has 3 rings (SSSR count). The van der Waals surface area contributed by atoms with Crippen molar-refractivity contribution in [3.8, 4) is 0 Å². The maximum Gasteiger partial charge on any atom is 0.255 e. The summed E-state index contributed by atoms with van der Waals surface area (Å²) in [6, 6.07) is 18.6. The average molecular weight is 347 g/mol. The van der Waals surface area contributed by atoms with Crippen LogP contribution in [0.1, 0.15) is 26.3 Å². The first-order chi connectivity index (χ1) is 12.6. The minimum absolute atomic E-state index is 0.187. The Balaban J connectivity index is 1.58. The van der Waals surface area contributed by atoms with Gasteiger partial charge in [-0.25, -0.2) is 0 Å². The summed E-state index contributed by atoms with van der Waals surface area (Å²) in [5.74, 6) is -0.446. The fraction of sp³-hybridized carbons (Fsp3) is 0.0500. The highest BCUT2D eigenvalue weighted by molar-refractivity contribution is 6.04. The monoisotopic (exact) mass is 347 g/mol. The molecule has 0 saturated carbocycles. The summed E-state index contributed by atoms with van der Waals surface area (Å²) in [5, 5.41) is 5.56. The number of aromatic amines is 1. The first-order valence-electron chi connectivity index (χ1n) is 8.04. The molecule has 0 saturated heterocycles. The predicted molar refractivity (Wildman–Crippen MR) is 99.1 cm³/mol. The summed E-state index contributed by atoms with van der Waals surface area (Å²) >= 11 is 0. The van der Waals surface area contributed by atoms with Gasteiger partial charge in [0.1, 0.15) is 0 Å². The van der Waals surface area contributed by atoms with Crippen LogP contribution in [0.4, 0.5) is 5.69 Å². The Kier molecular flexibility index (Phi) is 5.24. The standard InChI is InChI=1S/C20H17N3O3/c24-18-11-6-14(12-21-18)13-22-19(25)16-7-9-17(10-8-16)23-20(26)15-4-2-1-3-5-15/h1-12H,13H2,(H,21,24)(H,22,25)(H,23,26). The Hall–Kier alpha value is -3.67. The number of anilines is 1. The quantitative estimate of drug-likeness (QED) is 0.662. The van der Waals surface area contributed by atoms with Gasteiger partial charge in [-0.3, -0.25) is 14.4 Å². The third-order valence-electron chi connectivity index (χ3n) is 3.74. The van der Waals surface area contributed by atoms with Crippen molar-refractivity contribution in [1.82, 2.24) is 10.3 Å². The number of carbonyl (C=O) groups excluding carboxylic acids is 2. The molecule has 3 N–H and O–H groups in total. The van der Waals surface area contributed by atoms with Crippen molar-refractivity contribution < 1.29 is 9.59 Å². The summed E-state index contributed by atoms with van der Waals surface area (Å²) < 4.78 is 0. The van der Waals surface area contributed by atoms with E-state index in [1.807, 2.05) is 6.07 Å². The Bertz CT molecular complexity index is 943. The van der Waals surface area contributed by atoms with Gasteiger partial charge in [0, 0.05) is 35.6 Å². The van der Waals surface area contributed by atoms with E-state index in [9.17, 15) is 14.4 Å². The highest BCUT2D eigenvalue weighted by Gasteiger charge is 2.08. The summed E-state index contributed by atoms with van der Waals surface area (Å²) in [5.41, 5.74) is 2.26. The molecule has 26 heavy (non-hydrogen) atoms. The van der Waals surface area contributed by atoms with Crippen LogP contribution in [0.25, 0.3) is 0 Å². The second kappa shape index (κ2) is 7.94. The highest BCUT2D eigenvalue weighted by atomic mass is 16.2. The number of amides is 2. The van der Waals surface area contributed by atoms with Crippen molar-refractivity contribution in [3.05, 3.63) is 100.0 Å². The van der Waals surface area contributed by atoms with E-state index in [-0.39, 0.29) is 17.4 Å². The number of carbonyl (C=O) groups is 2. The minimum atomic E-state index is -0.239. The zero-order valence-electron chi connectivity index (χ0n) is 13.9. The van der Waals surface area contributed by atoms with Gasteiger partial charge in [-0.2, -0.15) is 0 Å². The SMILES string of the molecule is O=C(NCc1ccc(=O)[nH]c1)c1ccc(NC(=O)c2ccccc2)cc1. The van der Waals surface area contributed by atoms with E-state index in [1.165, 1.54) is 6.07 Å². The second-order valence-electron chi connectivity index (χ2n) is 5.64. The van der Waals surface area contributed by atoms with Gasteiger partial charge in [-0.05, 0) is 42.0 Å². The molecular weight excluding hydrogens is 330 g/mol. The van der Waals surface area contributed by atoms with Gasteiger partial charge in [0.25, 0.3) is 11.8 Å². The third kappa shape index (κ3) is 4.45.